The van der Waals surface area contributed by atoms with E-state index in [9.17, 15) is 31.5 Å². The summed E-state index contributed by atoms with van der Waals surface area (Å²) in [5, 5.41) is 9.70. The SMILES string of the molecule is O=C(O)c1c(NC(=O)C(F)(F)F)ccc(F)c1F. The van der Waals surface area contributed by atoms with Gasteiger partial charge in [-0.3, -0.25) is 4.79 Å². The van der Waals surface area contributed by atoms with Crippen molar-refractivity contribution in [2.75, 3.05) is 5.32 Å². The number of anilines is 1. The average molecular weight is 269 g/mol. The van der Waals surface area contributed by atoms with Crippen molar-refractivity contribution in [1.82, 2.24) is 0 Å². The molecule has 0 aliphatic carbocycles. The Kier molecular flexibility index (Phi) is 3.54. The number of carboxylic acids is 1. The lowest BCUT2D eigenvalue weighted by molar-refractivity contribution is -0.167. The second kappa shape index (κ2) is 4.59. The molecule has 0 unspecified atom stereocenters. The number of alkyl halides is 3. The summed E-state index contributed by atoms with van der Waals surface area (Å²) in [6, 6.07) is 0.916. The third-order valence-electron chi connectivity index (χ3n) is 1.81. The fraction of sp³-hybridized carbons (Fsp3) is 0.111. The molecule has 0 spiro atoms. The van der Waals surface area contributed by atoms with Crippen LogP contribution >= 0.6 is 0 Å². The van der Waals surface area contributed by atoms with Crippen molar-refractivity contribution in [3.05, 3.63) is 29.3 Å². The zero-order valence-corrected chi connectivity index (χ0v) is 8.31. The first-order chi connectivity index (χ1) is 8.14. The summed E-state index contributed by atoms with van der Waals surface area (Å²) in [5.74, 6) is -7.92. The lowest BCUT2D eigenvalue weighted by atomic mass is 10.1. The number of rotatable bonds is 2. The number of carbonyl (C=O) groups is 2. The van der Waals surface area contributed by atoms with Crippen molar-refractivity contribution in [3.63, 3.8) is 0 Å². The fourth-order valence-corrected chi connectivity index (χ4v) is 1.06. The van der Waals surface area contributed by atoms with Crippen molar-refractivity contribution in [1.29, 1.82) is 0 Å². The van der Waals surface area contributed by atoms with E-state index in [1.165, 1.54) is 0 Å². The highest BCUT2D eigenvalue weighted by Gasteiger charge is 2.39. The summed E-state index contributed by atoms with van der Waals surface area (Å²) in [7, 11) is 0. The molecule has 9 heteroatoms. The van der Waals surface area contributed by atoms with Crippen LogP contribution < -0.4 is 5.32 Å². The molecule has 2 N–H and O–H groups in total. The largest absolute Gasteiger partial charge is 0.478 e. The minimum absolute atomic E-state index is 0.397. The number of hydrogen-bond acceptors (Lipinski definition) is 2. The number of benzene rings is 1. The van der Waals surface area contributed by atoms with Crippen LogP contribution in [0.5, 0.6) is 0 Å². The van der Waals surface area contributed by atoms with Gasteiger partial charge in [0.25, 0.3) is 0 Å². The minimum Gasteiger partial charge on any atom is -0.478 e. The van der Waals surface area contributed by atoms with Crippen LogP contribution in [0.3, 0.4) is 0 Å². The van der Waals surface area contributed by atoms with Gasteiger partial charge in [-0.1, -0.05) is 0 Å². The number of hydrogen-bond donors (Lipinski definition) is 2. The highest BCUT2D eigenvalue weighted by atomic mass is 19.4. The van der Waals surface area contributed by atoms with Crippen LogP contribution in [0, 0.1) is 11.6 Å². The van der Waals surface area contributed by atoms with Gasteiger partial charge in [0.05, 0.1) is 5.69 Å². The monoisotopic (exact) mass is 269 g/mol. The lowest BCUT2D eigenvalue weighted by Crippen LogP contribution is -2.30. The number of carbonyl (C=O) groups excluding carboxylic acids is 1. The summed E-state index contributed by atoms with van der Waals surface area (Å²) in [4.78, 5) is 21.1. The Labute approximate surface area is 96.0 Å². The van der Waals surface area contributed by atoms with Crippen molar-refractivity contribution < 1.29 is 36.6 Å². The molecule has 1 aromatic carbocycles. The number of nitrogens with one attached hydrogen (secondary N) is 1. The average Bonchev–Trinajstić information content (AvgIpc) is 2.21. The predicted molar refractivity (Wildman–Crippen MR) is 48.0 cm³/mol. The van der Waals surface area contributed by atoms with E-state index in [1.54, 1.807) is 0 Å². The fourth-order valence-electron chi connectivity index (χ4n) is 1.06. The van der Waals surface area contributed by atoms with Gasteiger partial charge in [-0.2, -0.15) is 13.2 Å². The molecule has 0 radical (unpaired) electrons. The number of halogens is 5. The van der Waals surface area contributed by atoms with E-state index in [1.807, 2.05) is 0 Å². The minimum atomic E-state index is -5.28. The summed E-state index contributed by atoms with van der Waals surface area (Å²) < 4.78 is 61.5. The van der Waals surface area contributed by atoms with Crippen LogP contribution in [0.4, 0.5) is 27.6 Å². The van der Waals surface area contributed by atoms with E-state index < -0.39 is 40.9 Å². The maximum absolute atomic E-state index is 13.1. The lowest BCUT2D eigenvalue weighted by Gasteiger charge is -2.11. The predicted octanol–water partition coefficient (Wildman–Crippen LogP) is 2.16. The molecular formula is C9H4F5NO3. The van der Waals surface area contributed by atoms with E-state index in [4.69, 9.17) is 5.11 Å². The maximum atomic E-state index is 13.1. The normalized spacial score (nSPS) is 11.2. The van der Waals surface area contributed by atoms with Gasteiger partial charge < -0.3 is 10.4 Å². The summed E-state index contributed by atoms with van der Waals surface area (Å²) in [5.41, 5.74) is -2.36. The maximum Gasteiger partial charge on any atom is 0.471 e. The topological polar surface area (TPSA) is 66.4 Å². The van der Waals surface area contributed by atoms with Crippen LogP contribution in [0.2, 0.25) is 0 Å². The molecule has 4 nitrogen and oxygen atoms in total. The van der Waals surface area contributed by atoms with Crippen molar-refractivity contribution >= 4 is 17.6 Å². The first kappa shape index (κ1) is 13.9. The van der Waals surface area contributed by atoms with Gasteiger partial charge in [0, 0.05) is 0 Å². The van der Waals surface area contributed by atoms with Crippen LogP contribution in [0.15, 0.2) is 12.1 Å². The molecule has 0 heterocycles. The highest BCUT2D eigenvalue weighted by molar-refractivity contribution is 6.02. The third kappa shape index (κ3) is 2.73. The Balaban J connectivity index is 3.22. The van der Waals surface area contributed by atoms with Crippen LogP contribution in [-0.4, -0.2) is 23.2 Å². The van der Waals surface area contributed by atoms with E-state index in [2.05, 4.69) is 0 Å². The molecule has 0 fully saturated rings. The Morgan fingerprint density at radius 1 is 1.17 bits per heavy atom. The molecule has 1 rings (SSSR count). The molecule has 0 aliphatic heterocycles. The first-order valence-corrected chi connectivity index (χ1v) is 4.24. The zero-order chi connectivity index (χ0) is 14.1. The summed E-state index contributed by atoms with van der Waals surface area (Å²) in [6.07, 6.45) is -5.28. The van der Waals surface area contributed by atoms with Crippen LogP contribution in [-0.2, 0) is 4.79 Å². The van der Waals surface area contributed by atoms with Gasteiger partial charge >= 0.3 is 18.1 Å². The second-order valence-corrected chi connectivity index (χ2v) is 3.04. The highest BCUT2D eigenvalue weighted by Crippen LogP contribution is 2.24. The molecule has 0 aliphatic rings. The van der Waals surface area contributed by atoms with E-state index >= 15 is 0 Å². The summed E-state index contributed by atoms with van der Waals surface area (Å²) >= 11 is 0. The zero-order valence-electron chi connectivity index (χ0n) is 8.31. The smallest absolute Gasteiger partial charge is 0.471 e. The number of carboxylic acid groups (broad SMARTS) is 1. The molecule has 0 bridgehead atoms. The van der Waals surface area contributed by atoms with Gasteiger partial charge in [0.15, 0.2) is 11.6 Å². The molecule has 0 atom stereocenters. The van der Waals surface area contributed by atoms with E-state index in [0.717, 1.165) is 5.32 Å². The molecule has 1 aromatic rings. The van der Waals surface area contributed by atoms with Gasteiger partial charge in [-0.25, -0.2) is 13.6 Å². The van der Waals surface area contributed by atoms with Gasteiger partial charge in [0.1, 0.15) is 5.56 Å². The molecule has 18 heavy (non-hydrogen) atoms. The van der Waals surface area contributed by atoms with E-state index in [0.29, 0.717) is 12.1 Å². The molecule has 98 valence electrons. The number of aromatic carboxylic acids is 1. The quantitative estimate of drug-likeness (QED) is 0.808. The third-order valence-corrected chi connectivity index (χ3v) is 1.81. The standard InChI is InChI=1S/C9H4F5NO3/c10-3-1-2-4(5(6(3)11)7(16)17)15-8(18)9(12,13)14/h1-2H,(H,15,18)(H,16,17). The van der Waals surface area contributed by atoms with Crippen molar-refractivity contribution in [2.24, 2.45) is 0 Å². The van der Waals surface area contributed by atoms with Gasteiger partial charge in [-0.05, 0) is 12.1 Å². The molecular weight excluding hydrogens is 265 g/mol. The van der Waals surface area contributed by atoms with Crippen molar-refractivity contribution in [2.45, 2.75) is 6.18 Å². The van der Waals surface area contributed by atoms with Crippen LogP contribution in [0.25, 0.3) is 0 Å². The number of amides is 1. The molecule has 1 amide bonds. The first-order valence-electron chi connectivity index (χ1n) is 4.24. The summed E-state index contributed by atoms with van der Waals surface area (Å²) in [6.45, 7) is 0. The van der Waals surface area contributed by atoms with Crippen LogP contribution in [0.1, 0.15) is 10.4 Å². The van der Waals surface area contributed by atoms with E-state index in [-0.39, 0.29) is 0 Å². The Bertz CT molecular complexity index is 512. The molecule has 0 saturated heterocycles. The Morgan fingerprint density at radius 2 is 1.72 bits per heavy atom. The Hall–Kier alpha value is -2.19. The van der Waals surface area contributed by atoms with Gasteiger partial charge in [0.2, 0.25) is 0 Å². The molecule has 0 aromatic heterocycles. The second-order valence-electron chi connectivity index (χ2n) is 3.04. The van der Waals surface area contributed by atoms with Crippen molar-refractivity contribution in [3.8, 4) is 0 Å². The van der Waals surface area contributed by atoms with Gasteiger partial charge in [-0.15, -0.1) is 0 Å². The Morgan fingerprint density at radius 3 is 2.17 bits per heavy atom. The molecule has 0 saturated carbocycles.